The summed E-state index contributed by atoms with van der Waals surface area (Å²) in [5.74, 6) is -1.65. The minimum Gasteiger partial charge on any atom is -0.368 e. The molecule has 8 nitrogen and oxygen atoms in total. The quantitative estimate of drug-likeness (QED) is 0.749. The van der Waals surface area contributed by atoms with Crippen molar-refractivity contribution >= 4 is 23.8 Å². The number of carbonyl (C=O) groups excluding carboxylic acids is 4. The van der Waals surface area contributed by atoms with Crippen molar-refractivity contribution in [3.8, 4) is 0 Å². The molecule has 0 aromatic heterocycles. The molecule has 3 N–H and O–H groups in total. The van der Waals surface area contributed by atoms with Crippen molar-refractivity contribution in [1.82, 2.24) is 15.1 Å². The van der Waals surface area contributed by atoms with Crippen molar-refractivity contribution in [2.45, 2.75) is 43.7 Å². The van der Waals surface area contributed by atoms with Gasteiger partial charge >= 0.3 is 6.03 Å². The predicted octanol–water partition coefficient (Wildman–Crippen LogP) is 0.926. The van der Waals surface area contributed by atoms with E-state index in [0.29, 0.717) is 18.4 Å². The number of primary amides is 1. The number of urea groups is 1. The lowest BCUT2D eigenvalue weighted by Crippen LogP contribution is -2.49. The Balaban J connectivity index is 1.72. The van der Waals surface area contributed by atoms with Gasteiger partial charge in [-0.3, -0.25) is 19.3 Å². The highest BCUT2D eigenvalue weighted by molar-refractivity contribution is 6.09. The van der Waals surface area contributed by atoms with E-state index in [1.54, 1.807) is 37.4 Å². The molecule has 5 amide bonds. The lowest BCUT2D eigenvalue weighted by atomic mass is 9.81. The van der Waals surface area contributed by atoms with Crippen LogP contribution in [0.15, 0.2) is 30.3 Å². The third-order valence-electron chi connectivity index (χ3n) is 5.51. The maximum absolute atomic E-state index is 12.9. The van der Waals surface area contributed by atoms with E-state index in [1.807, 2.05) is 0 Å². The molecule has 1 aromatic rings. The maximum Gasteiger partial charge on any atom is 0.327 e. The number of nitrogens with zero attached hydrogens (tertiary/aromatic N) is 2. The van der Waals surface area contributed by atoms with Crippen molar-refractivity contribution in [2.24, 2.45) is 5.73 Å². The first-order chi connectivity index (χ1) is 12.9. The molecule has 1 heterocycles. The Morgan fingerprint density at radius 1 is 1.15 bits per heavy atom. The second-order valence-corrected chi connectivity index (χ2v) is 7.14. The van der Waals surface area contributed by atoms with E-state index < -0.39 is 36.0 Å². The third-order valence-corrected chi connectivity index (χ3v) is 5.51. The molecular formula is C19H24N4O4. The van der Waals surface area contributed by atoms with Gasteiger partial charge in [0, 0.05) is 7.05 Å². The second-order valence-electron chi connectivity index (χ2n) is 7.14. The summed E-state index contributed by atoms with van der Waals surface area (Å²) in [5.41, 5.74) is 5.11. The summed E-state index contributed by atoms with van der Waals surface area (Å²) < 4.78 is 0. The van der Waals surface area contributed by atoms with Crippen molar-refractivity contribution in [2.75, 3.05) is 13.6 Å². The molecule has 27 heavy (non-hydrogen) atoms. The Labute approximate surface area is 157 Å². The number of imide groups is 1. The predicted molar refractivity (Wildman–Crippen MR) is 97.2 cm³/mol. The van der Waals surface area contributed by atoms with Crippen LogP contribution in [0.4, 0.5) is 4.79 Å². The van der Waals surface area contributed by atoms with Crippen LogP contribution in [-0.4, -0.2) is 52.7 Å². The van der Waals surface area contributed by atoms with Crippen molar-refractivity contribution in [3.05, 3.63) is 35.9 Å². The van der Waals surface area contributed by atoms with Crippen LogP contribution in [0.1, 0.15) is 43.7 Å². The van der Waals surface area contributed by atoms with Gasteiger partial charge in [-0.2, -0.15) is 0 Å². The van der Waals surface area contributed by atoms with Gasteiger partial charge in [-0.05, 0) is 18.4 Å². The molecule has 1 spiro atoms. The summed E-state index contributed by atoms with van der Waals surface area (Å²) in [4.78, 5) is 52.2. The number of rotatable bonds is 5. The van der Waals surface area contributed by atoms with Gasteiger partial charge in [-0.25, -0.2) is 4.79 Å². The normalized spacial score (nSPS) is 20.0. The zero-order valence-electron chi connectivity index (χ0n) is 15.3. The summed E-state index contributed by atoms with van der Waals surface area (Å²) in [6, 6.07) is 7.09. The van der Waals surface area contributed by atoms with Crippen molar-refractivity contribution < 1.29 is 19.2 Å². The lowest BCUT2D eigenvalue weighted by molar-refractivity contribution is -0.137. The fraction of sp³-hybridized carbons (Fsp3) is 0.474. The SMILES string of the molecule is CN1C(=O)N(CC(=O)NC(C(N)=O)c2ccccc2)C(=O)C12CCCCC2. The van der Waals surface area contributed by atoms with Crippen molar-refractivity contribution in [1.29, 1.82) is 0 Å². The average Bonchev–Trinajstić information content (AvgIpc) is 2.83. The Bertz CT molecular complexity index is 758. The second kappa shape index (κ2) is 7.38. The number of hydrogen-bond donors (Lipinski definition) is 2. The fourth-order valence-corrected chi connectivity index (χ4v) is 3.99. The topological polar surface area (TPSA) is 113 Å². The van der Waals surface area contributed by atoms with Crippen LogP contribution in [0.5, 0.6) is 0 Å². The van der Waals surface area contributed by atoms with Gasteiger partial charge < -0.3 is 16.0 Å². The number of carbonyl (C=O) groups is 4. The monoisotopic (exact) mass is 372 g/mol. The van der Waals surface area contributed by atoms with Crippen LogP contribution in [0.2, 0.25) is 0 Å². The zero-order valence-corrected chi connectivity index (χ0v) is 15.3. The summed E-state index contributed by atoms with van der Waals surface area (Å²) in [6.45, 7) is -0.430. The minimum atomic E-state index is -1.02. The first-order valence-corrected chi connectivity index (χ1v) is 9.10. The molecule has 2 aliphatic rings. The molecular weight excluding hydrogens is 348 g/mol. The van der Waals surface area contributed by atoms with Crippen LogP contribution in [-0.2, 0) is 14.4 Å². The maximum atomic E-state index is 12.9. The number of nitrogens with one attached hydrogen (secondary N) is 1. The van der Waals surface area contributed by atoms with Gasteiger partial charge in [0.15, 0.2) is 0 Å². The summed E-state index contributed by atoms with van der Waals surface area (Å²) >= 11 is 0. The van der Waals surface area contributed by atoms with E-state index in [2.05, 4.69) is 5.32 Å². The third kappa shape index (κ3) is 3.39. The van der Waals surface area contributed by atoms with Gasteiger partial charge in [-0.1, -0.05) is 49.6 Å². The van der Waals surface area contributed by atoms with Gasteiger partial charge in [0.05, 0.1) is 0 Å². The largest absolute Gasteiger partial charge is 0.368 e. The molecule has 0 bridgehead atoms. The Morgan fingerprint density at radius 3 is 2.37 bits per heavy atom. The smallest absolute Gasteiger partial charge is 0.327 e. The highest BCUT2D eigenvalue weighted by Crippen LogP contribution is 2.39. The van der Waals surface area contributed by atoms with E-state index in [4.69, 9.17) is 5.73 Å². The molecule has 0 radical (unpaired) electrons. The fourth-order valence-electron chi connectivity index (χ4n) is 3.99. The first kappa shape index (κ1) is 18.9. The molecule has 1 unspecified atom stereocenters. The van der Waals surface area contributed by atoms with E-state index in [9.17, 15) is 19.2 Å². The molecule has 1 saturated heterocycles. The zero-order chi connectivity index (χ0) is 19.6. The van der Waals surface area contributed by atoms with E-state index in [0.717, 1.165) is 24.2 Å². The Kier molecular flexibility index (Phi) is 5.16. The van der Waals surface area contributed by atoms with E-state index in [-0.39, 0.29) is 5.91 Å². The minimum absolute atomic E-state index is 0.333. The van der Waals surface area contributed by atoms with Crippen LogP contribution in [0, 0.1) is 0 Å². The number of hydrogen-bond acceptors (Lipinski definition) is 4. The van der Waals surface area contributed by atoms with E-state index >= 15 is 0 Å². The van der Waals surface area contributed by atoms with Crippen molar-refractivity contribution in [3.63, 3.8) is 0 Å². The summed E-state index contributed by atoms with van der Waals surface area (Å²) in [5, 5.41) is 2.53. The van der Waals surface area contributed by atoms with Crippen LogP contribution >= 0.6 is 0 Å². The first-order valence-electron chi connectivity index (χ1n) is 9.10. The molecule has 1 saturated carbocycles. The molecule has 1 aromatic carbocycles. The number of benzene rings is 1. The Morgan fingerprint density at radius 2 is 1.78 bits per heavy atom. The molecule has 1 atom stereocenters. The summed E-state index contributed by atoms with van der Waals surface area (Å²) in [7, 11) is 1.61. The van der Waals surface area contributed by atoms with Gasteiger partial charge in [0.25, 0.3) is 5.91 Å². The number of amides is 5. The van der Waals surface area contributed by atoms with Gasteiger partial charge in [-0.15, -0.1) is 0 Å². The highest BCUT2D eigenvalue weighted by atomic mass is 16.2. The van der Waals surface area contributed by atoms with Crippen LogP contribution in [0.3, 0.4) is 0 Å². The lowest BCUT2D eigenvalue weighted by Gasteiger charge is -2.35. The summed E-state index contributed by atoms with van der Waals surface area (Å²) in [6.07, 6.45) is 4.01. The van der Waals surface area contributed by atoms with Crippen LogP contribution in [0.25, 0.3) is 0 Å². The number of nitrogens with two attached hydrogens (primary N) is 1. The Hall–Kier alpha value is -2.90. The van der Waals surface area contributed by atoms with Gasteiger partial charge in [0.1, 0.15) is 18.1 Å². The molecule has 1 aliphatic carbocycles. The molecule has 3 rings (SSSR count). The molecule has 8 heteroatoms. The van der Waals surface area contributed by atoms with E-state index in [1.165, 1.54) is 4.90 Å². The van der Waals surface area contributed by atoms with Gasteiger partial charge in [0.2, 0.25) is 11.8 Å². The van der Waals surface area contributed by atoms with Crippen LogP contribution < -0.4 is 11.1 Å². The average molecular weight is 372 g/mol. The molecule has 144 valence electrons. The number of likely N-dealkylation sites (N-methyl/N-ethyl adjacent to an activating group) is 1. The standard InChI is InChI=1S/C19H24N4O4/c1-22-18(27)23(17(26)19(22)10-6-3-7-11-19)12-14(24)21-15(16(20)25)13-8-4-2-5-9-13/h2,4-5,8-9,15H,3,6-7,10-12H2,1H3,(H2,20,25)(H,21,24). The molecule has 2 fully saturated rings. The highest BCUT2D eigenvalue weighted by Gasteiger charge is 2.55. The molecule has 1 aliphatic heterocycles.